The van der Waals surface area contributed by atoms with Crippen molar-refractivity contribution in [2.45, 2.75) is 71.1 Å². The van der Waals surface area contributed by atoms with Gasteiger partial charge in [0.05, 0.1) is 6.61 Å². The summed E-state index contributed by atoms with van der Waals surface area (Å²) in [4.78, 5) is 10.1. The van der Waals surface area contributed by atoms with Crippen LogP contribution in [0.3, 0.4) is 0 Å². The molecule has 0 aliphatic carbocycles. The third-order valence-corrected chi connectivity index (χ3v) is 3.16. The Balaban J connectivity index is 0. The smallest absolute Gasteiger partial charge is 0.781 e. The molecular weight excluding hydrogens is 262 g/mol. The first-order chi connectivity index (χ1) is 7.77. The van der Waals surface area contributed by atoms with E-state index in [1.807, 2.05) is 0 Å². The second-order valence-electron chi connectivity index (χ2n) is 4.28. The largest absolute Gasteiger partial charge is 1.00 e. The third-order valence-electron chi connectivity index (χ3n) is 2.72. The van der Waals surface area contributed by atoms with Gasteiger partial charge in [-0.15, -0.1) is 0 Å². The summed E-state index contributed by atoms with van der Waals surface area (Å²) in [5, 5.41) is 0. The van der Waals surface area contributed by atoms with Gasteiger partial charge in [-0.05, 0) is 6.42 Å². The Morgan fingerprint density at radius 1 is 0.882 bits per heavy atom. The minimum atomic E-state index is -2.94. The van der Waals surface area contributed by atoms with Crippen LogP contribution in [0.25, 0.3) is 0 Å². The van der Waals surface area contributed by atoms with E-state index < -0.39 is 8.25 Å². The molecule has 0 aromatic heterocycles. The van der Waals surface area contributed by atoms with Crippen molar-refractivity contribution in [2.75, 3.05) is 6.61 Å². The van der Waals surface area contributed by atoms with Gasteiger partial charge in [0, 0.05) is 0 Å². The molecule has 0 aliphatic heterocycles. The molecule has 0 rings (SSSR count). The minimum absolute atomic E-state index is 0. The molecule has 0 N–H and O–H groups in total. The quantitative estimate of drug-likeness (QED) is 0.301. The maximum absolute atomic E-state index is 10.1. The van der Waals surface area contributed by atoms with Crippen molar-refractivity contribution in [2.24, 2.45) is 0 Å². The summed E-state index contributed by atoms with van der Waals surface area (Å²) in [5.74, 6) is 0. The maximum Gasteiger partial charge on any atom is 1.00 e. The average Bonchev–Trinajstić information content (AvgIpc) is 2.25. The zero-order valence-corrected chi connectivity index (χ0v) is 15.6. The van der Waals surface area contributed by atoms with Gasteiger partial charge >= 0.3 is 51.4 Å². The van der Waals surface area contributed by atoms with Crippen LogP contribution in [0.2, 0.25) is 0 Å². The van der Waals surface area contributed by atoms with Gasteiger partial charge in [-0.1, -0.05) is 64.7 Å². The molecule has 5 heteroatoms. The fourth-order valence-corrected chi connectivity index (χ4v) is 2.06. The Morgan fingerprint density at radius 3 is 1.71 bits per heavy atom. The summed E-state index contributed by atoms with van der Waals surface area (Å²) in [6.45, 7) is 2.61. The van der Waals surface area contributed by atoms with Crippen LogP contribution in [0.15, 0.2) is 0 Å². The van der Waals surface area contributed by atoms with Gasteiger partial charge in [0.1, 0.15) is 8.25 Å². The van der Waals surface area contributed by atoms with Gasteiger partial charge in [0.15, 0.2) is 0 Å². The van der Waals surface area contributed by atoms with E-state index in [1.54, 1.807) is 0 Å². The summed E-state index contributed by atoms with van der Waals surface area (Å²) in [5.41, 5.74) is 0. The Labute approximate surface area is 149 Å². The SMILES string of the molecule is CCCCCCCCCCCCO[PH](=O)[O-].[K+]. The third kappa shape index (κ3) is 20.3. The van der Waals surface area contributed by atoms with E-state index in [0.29, 0.717) is 6.61 Å². The van der Waals surface area contributed by atoms with Crippen molar-refractivity contribution in [3.8, 4) is 0 Å². The van der Waals surface area contributed by atoms with Crippen LogP contribution in [0.4, 0.5) is 0 Å². The van der Waals surface area contributed by atoms with Crippen LogP contribution in [0.1, 0.15) is 71.1 Å². The molecule has 0 spiro atoms. The minimum Gasteiger partial charge on any atom is -0.781 e. The topological polar surface area (TPSA) is 49.4 Å². The van der Waals surface area contributed by atoms with Crippen LogP contribution < -0.4 is 56.3 Å². The van der Waals surface area contributed by atoms with Gasteiger partial charge in [-0.25, -0.2) is 0 Å². The molecule has 1 atom stereocenters. The molecule has 0 aliphatic rings. The predicted octanol–water partition coefficient (Wildman–Crippen LogP) is 0.678. The molecule has 1 unspecified atom stereocenters. The second kappa shape index (κ2) is 17.8. The van der Waals surface area contributed by atoms with Crippen molar-refractivity contribution in [1.82, 2.24) is 0 Å². The van der Waals surface area contributed by atoms with E-state index >= 15 is 0 Å². The fraction of sp³-hybridized carbons (Fsp3) is 1.00. The molecule has 0 aromatic carbocycles. The standard InChI is InChI=1S/C12H27O3P.K/c1-2-3-4-5-6-7-8-9-10-11-12-15-16(13)14;/h16H,2-12H2,1H3,(H,13,14);/q;+1/p-1. The van der Waals surface area contributed by atoms with Crippen molar-refractivity contribution in [3.05, 3.63) is 0 Å². The number of rotatable bonds is 12. The summed E-state index contributed by atoms with van der Waals surface area (Å²) in [6.07, 6.45) is 12.5. The first-order valence-corrected chi connectivity index (χ1v) is 7.83. The molecule has 0 aromatic rings. The number of unbranched alkanes of at least 4 members (excludes halogenated alkanes) is 9. The van der Waals surface area contributed by atoms with E-state index in [1.165, 1.54) is 51.4 Å². The van der Waals surface area contributed by atoms with Crippen LogP contribution in [-0.4, -0.2) is 6.61 Å². The molecule has 0 fully saturated rings. The Kier molecular flexibility index (Phi) is 22.1. The van der Waals surface area contributed by atoms with Gasteiger partial charge < -0.3 is 14.0 Å². The van der Waals surface area contributed by atoms with Gasteiger partial charge in [-0.3, -0.25) is 0 Å². The number of hydrogen-bond donors (Lipinski definition) is 0. The molecule has 3 nitrogen and oxygen atoms in total. The van der Waals surface area contributed by atoms with Gasteiger partial charge in [-0.2, -0.15) is 0 Å². The average molecular weight is 288 g/mol. The summed E-state index contributed by atoms with van der Waals surface area (Å²) in [6, 6.07) is 0. The summed E-state index contributed by atoms with van der Waals surface area (Å²) < 4.78 is 14.6. The molecular formula is C12H26KO3P. The molecule has 0 bridgehead atoms. The molecule has 0 saturated carbocycles. The maximum atomic E-state index is 10.1. The molecule has 98 valence electrons. The van der Waals surface area contributed by atoms with E-state index in [-0.39, 0.29) is 51.4 Å². The second-order valence-corrected chi connectivity index (χ2v) is 5.07. The summed E-state index contributed by atoms with van der Waals surface area (Å²) >= 11 is 0. The van der Waals surface area contributed by atoms with Crippen molar-refractivity contribution >= 4 is 8.25 Å². The molecule has 17 heavy (non-hydrogen) atoms. The van der Waals surface area contributed by atoms with Crippen LogP contribution in [-0.2, 0) is 9.09 Å². The first kappa shape index (κ1) is 21.1. The van der Waals surface area contributed by atoms with Gasteiger partial charge in [0.25, 0.3) is 0 Å². The van der Waals surface area contributed by atoms with Gasteiger partial charge in [0.2, 0.25) is 0 Å². The van der Waals surface area contributed by atoms with Crippen molar-refractivity contribution in [1.29, 1.82) is 0 Å². The Bertz CT molecular complexity index is 168. The van der Waals surface area contributed by atoms with Crippen molar-refractivity contribution in [3.63, 3.8) is 0 Å². The van der Waals surface area contributed by atoms with Crippen LogP contribution in [0, 0.1) is 0 Å². The zero-order chi connectivity index (χ0) is 12.1. The predicted molar refractivity (Wildman–Crippen MR) is 66.8 cm³/mol. The summed E-state index contributed by atoms with van der Waals surface area (Å²) in [7, 11) is -2.94. The van der Waals surface area contributed by atoms with Crippen LogP contribution in [0.5, 0.6) is 0 Å². The van der Waals surface area contributed by atoms with E-state index in [2.05, 4.69) is 11.4 Å². The molecule has 0 radical (unpaired) electrons. The monoisotopic (exact) mass is 288 g/mol. The fourth-order valence-electron chi connectivity index (χ4n) is 1.75. The Hall–Kier alpha value is 1.79. The van der Waals surface area contributed by atoms with E-state index in [9.17, 15) is 9.46 Å². The normalized spacial score (nSPS) is 12.1. The molecule has 0 amide bonds. The molecule has 0 saturated heterocycles. The molecule has 0 heterocycles. The van der Waals surface area contributed by atoms with Crippen LogP contribution >= 0.6 is 8.25 Å². The first-order valence-electron chi connectivity index (χ1n) is 6.61. The number of hydrogen-bond acceptors (Lipinski definition) is 3. The zero-order valence-electron chi connectivity index (χ0n) is 11.5. The van der Waals surface area contributed by atoms with Crippen molar-refractivity contribution < 1.29 is 65.4 Å². The Morgan fingerprint density at radius 2 is 1.29 bits per heavy atom. The van der Waals surface area contributed by atoms with E-state index in [4.69, 9.17) is 0 Å². The van der Waals surface area contributed by atoms with E-state index in [0.717, 1.165) is 12.8 Å².